The molecule has 0 bridgehead atoms. The third kappa shape index (κ3) is 4.51. The summed E-state index contributed by atoms with van der Waals surface area (Å²) < 4.78 is 31.4. The van der Waals surface area contributed by atoms with Gasteiger partial charge in [-0.3, -0.25) is 4.99 Å². The quantitative estimate of drug-likeness (QED) is 0.647. The lowest BCUT2D eigenvalue weighted by molar-refractivity contribution is 0.387. The molecule has 22 heavy (non-hydrogen) atoms. The molecule has 2 aromatic rings. The van der Waals surface area contributed by atoms with Gasteiger partial charge in [0, 0.05) is 20.5 Å². The van der Waals surface area contributed by atoms with E-state index in [1.807, 2.05) is 0 Å². The molecule has 0 aliphatic rings. The average Bonchev–Trinajstić information content (AvgIpc) is 2.91. The second-order valence-electron chi connectivity index (χ2n) is 4.57. The molecule has 0 aliphatic carbocycles. The standard InChI is InChI=1S/C14H17F2N5O/c1-9-20-13(21-22-9)8-19-14(17-2)18-6-5-10-7-11(15)3-4-12(10)16/h3-4,7H,5-6,8H2,1-2H3,(H2,17,18,19). The lowest BCUT2D eigenvalue weighted by Crippen LogP contribution is -2.38. The van der Waals surface area contributed by atoms with Crippen LogP contribution in [0, 0.1) is 18.6 Å². The molecule has 8 heteroatoms. The zero-order chi connectivity index (χ0) is 15.9. The van der Waals surface area contributed by atoms with Crippen molar-refractivity contribution in [3.8, 4) is 0 Å². The predicted octanol–water partition coefficient (Wildman–Crippen LogP) is 1.56. The van der Waals surface area contributed by atoms with Crippen molar-refractivity contribution in [1.82, 2.24) is 20.8 Å². The van der Waals surface area contributed by atoms with Crippen molar-refractivity contribution in [3.05, 3.63) is 47.1 Å². The van der Waals surface area contributed by atoms with E-state index in [1.54, 1.807) is 14.0 Å². The second kappa shape index (κ2) is 7.48. The summed E-state index contributed by atoms with van der Waals surface area (Å²) in [6.07, 6.45) is 0.339. The SMILES string of the molecule is CN=C(NCCc1cc(F)ccc1F)NCc1noc(C)n1. The van der Waals surface area contributed by atoms with Gasteiger partial charge < -0.3 is 15.2 Å². The first-order chi connectivity index (χ1) is 10.6. The Morgan fingerprint density at radius 2 is 2.14 bits per heavy atom. The Bertz CT molecular complexity index is 656. The van der Waals surface area contributed by atoms with Crippen LogP contribution in [-0.4, -0.2) is 29.7 Å². The Morgan fingerprint density at radius 1 is 1.32 bits per heavy atom. The molecule has 0 amide bonds. The van der Waals surface area contributed by atoms with Gasteiger partial charge in [0.15, 0.2) is 11.8 Å². The normalized spacial score (nSPS) is 11.5. The third-order valence-corrected chi connectivity index (χ3v) is 2.90. The maximum atomic E-state index is 13.5. The van der Waals surface area contributed by atoms with Crippen molar-refractivity contribution in [3.63, 3.8) is 0 Å². The molecule has 0 radical (unpaired) electrons. The molecule has 0 spiro atoms. The molecule has 1 aromatic heterocycles. The van der Waals surface area contributed by atoms with E-state index >= 15 is 0 Å². The summed E-state index contributed by atoms with van der Waals surface area (Å²) in [6.45, 7) is 2.47. The Hall–Kier alpha value is -2.51. The molecule has 0 aliphatic heterocycles. The fourth-order valence-electron chi connectivity index (χ4n) is 1.85. The molecule has 0 saturated heterocycles. The summed E-state index contributed by atoms with van der Waals surface area (Å²) in [7, 11) is 1.61. The number of rotatable bonds is 5. The van der Waals surface area contributed by atoms with Crippen molar-refractivity contribution in [2.45, 2.75) is 19.9 Å². The number of nitrogens with one attached hydrogen (secondary N) is 2. The molecule has 0 atom stereocenters. The first-order valence-electron chi connectivity index (χ1n) is 6.76. The van der Waals surface area contributed by atoms with Crippen LogP contribution in [0.1, 0.15) is 17.3 Å². The Morgan fingerprint density at radius 3 is 2.82 bits per heavy atom. The number of aryl methyl sites for hydroxylation is 1. The van der Waals surface area contributed by atoms with Gasteiger partial charge in [0.2, 0.25) is 5.89 Å². The summed E-state index contributed by atoms with van der Waals surface area (Å²) in [6, 6.07) is 3.41. The number of hydrogen-bond acceptors (Lipinski definition) is 4. The minimum atomic E-state index is -0.452. The van der Waals surface area contributed by atoms with Gasteiger partial charge in [0.1, 0.15) is 11.6 Å². The lowest BCUT2D eigenvalue weighted by atomic mass is 10.1. The first kappa shape index (κ1) is 15.9. The molecule has 0 saturated carbocycles. The van der Waals surface area contributed by atoms with E-state index in [0.717, 1.165) is 12.1 Å². The van der Waals surface area contributed by atoms with Gasteiger partial charge in [-0.2, -0.15) is 4.98 Å². The van der Waals surface area contributed by atoms with Crippen molar-refractivity contribution in [1.29, 1.82) is 0 Å². The van der Waals surface area contributed by atoms with E-state index in [2.05, 4.69) is 25.8 Å². The summed E-state index contributed by atoms with van der Waals surface area (Å²) >= 11 is 0. The second-order valence-corrected chi connectivity index (χ2v) is 4.57. The van der Waals surface area contributed by atoms with E-state index in [-0.39, 0.29) is 0 Å². The minimum absolute atomic E-state index is 0.316. The summed E-state index contributed by atoms with van der Waals surface area (Å²) in [4.78, 5) is 8.07. The van der Waals surface area contributed by atoms with Crippen LogP contribution in [0.5, 0.6) is 0 Å². The molecule has 6 nitrogen and oxygen atoms in total. The zero-order valence-corrected chi connectivity index (χ0v) is 12.4. The van der Waals surface area contributed by atoms with Crippen LogP contribution in [0.25, 0.3) is 0 Å². The zero-order valence-electron chi connectivity index (χ0n) is 12.4. The van der Waals surface area contributed by atoms with Crippen LogP contribution in [0.4, 0.5) is 8.78 Å². The highest BCUT2D eigenvalue weighted by Crippen LogP contribution is 2.09. The minimum Gasteiger partial charge on any atom is -0.356 e. The largest absolute Gasteiger partial charge is 0.356 e. The summed E-state index contributed by atoms with van der Waals surface area (Å²) in [5, 5.41) is 9.75. The third-order valence-electron chi connectivity index (χ3n) is 2.90. The van der Waals surface area contributed by atoms with E-state index in [9.17, 15) is 8.78 Å². The van der Waals surface area contributed by atoms with Crippen LogP contribution < -0.4 is 10.6 Å². The highest BCUT2D eigenvalue weighted by Gasteiger charge is 2.06. The Kier molecular flexibility index (Phi) is 5.40. The van der Waals surface area contributed by atoms with E-state index < -0.39 is 11.6 Å². The molecule has 1 heterocycles. The van der Waals surface area contributed by atoms with Gasteiger partial charge >= 0.3 is 0 Å². The van der Waals surface area contributed by atoms with E-state index in [0.29, 0.717) is 42.7 Å². The fourth-order valence-corrected chi connectivity index (χ4v) is 1.85. The van der Waals surface area contributed by atoms with Gasteiger partial charge in [-0.1, -0.05) is 5.16 Å². The van der Waals surface area contributed by atoms with Gasteiger partial charge in [0.05, 0.1) is 6.54 Å². The maximum absolute atomic E-state index is 13.5. The van der Waals surface area contributed by atoms with Crippen LogP contribution in [0.15, 0.2) is 27.7 Å². The molecule has 2 rings (SSSR count). The van der Waals surface area contributed by atoms with Gasteiger partial charge in [-0.15, -0.1) is 0 Å². The van der Waals surface area contributed by atoms with Crippen LogP contribution in [0.2, 0.25) is 0 Å². The highest BCUT2D eigenvalue weighted by molar-refractivity contribution is 5.79. The van der Waals surface area contributed by atoms with Crippen LogP contribution in [-0.2, 0) is 13.0 Å². The molecule has 118 valence electrons. The monoisotopic (exact) mass is 309 g/mol. The predicted molar refractivity (Wildman–Crippen MR) is 77.3 cm³/mol. The number of benzene rings is 1. The van der Waals surface area contributed by atoms with E-state index in [1.165, 1.54) is 6.07 Å². The number of halogens is 2. The molecule has 0 fully saturated rings. The number of guanidine groups is 1. The van der Waals surface area contributed by atoms with Gasteiger partial charge in [0.25, 0.3) is 0 Å². The number of nitrogens with zero attached hydrogens (tertiary/aromatic N) is 3. The molecule has 1 aromatic carbocycles. The van der Waals surface area contributed by atoms with Gasteiger partial charge in [-0.25, -0.2) is 8.78 Å². The van der Waals surface area contributed by atoms with Crippen molar-refractivity contribution in [2.24, 2.45) is 4.99 Å². The fraction of sp³-hybridized carbons (Fsp3) is 0.357. The molecular formula is C14H17F2N5O. The number of aliphatic imine (C=N–C) groups is 1. The van der Waals surface area contributed by atoms with Crippen LogP contribution >= 0.6 is 0 Å². The average molecular weight is 309 g/mol. The van der Waals surface area contributed by atoms with Crippen molar-refractivity contribution in [2.75, 3.05) is 13.6 Å². The van der Waals surface area contributed by atoms with E-state index in [4.69, 9.17) is 4.52 Å². The summed E-state index contributed by atoms with van der Waals surface area (Å²) in [5.74, 6) is 0.636. The number of hydrogen-bond donors (Lipinski definition) is 2. The van der Waals surface area contributed by atoms with Crippen molar-refractivity contribution >= 4 is 5.96 Å². The van der Waals surface area contributed by atoms with Crippen LogP contribution in [0.3, 0.4) is 0 Å². The molecular weight excluding hydrogens is 292 g/mol. The Balaban J connectivity index is 1.80. The maximum Gasteiger partial charge on any atom is 0.223 e. The first-order valence-corrected chi connectivity index (χ1v) is 6.76. The molecule has 0 unspecified atom stereocenters. The molecule has 2 N–H and O–H groups in total. The van der Waals surface area contributed by atoms with Crippen molar-refractivity contribution < 1.29 is 13.3 Å². The number of aromatic nitrogens is 2. The lowest BCUT2D eigenvalue weighted by Gasteiger charge is -2.10. The Labute approximate surface area is 126 Å². The topological polar surface area (TPSA) is 75.3 Å². The smallest absolute Gasteiger partial charge is 0.223 e. The summed E-state index contributed by atoms with van der Waals surface area (Å²) in [5.41, 5.74) is 0.316. The van der Waals surface area contributed by atoms with Gasteiger partial charge in [-0.05, 0) is 30.2 Å². The highest BCUT2D eigenvalue weighted by atomic mass is 19.1.